The third-order valence-electron chi connectivity index (χ3n) is 3.62. The van der Waals surface area contributed by atoms with Gasteiger partial charge in [-0.15, -0.1) is 0 Å². The average molecular weight is 355 g/mol. The maximum Gasteiger partial charge on any atom is 0.353 e. The molecule has 1 N–H and O–H groups in total. The largest absolute Gasteiger partial charge is 0.353 e. The van der Waals surface area contributed by atoms with Crippen LogP contribution in [0.3, 0.4) is 0 Å². The highest BCUT2D eigenvalue weighted by Gasteiger charge is 2.36. The van der Waals surface area contributed by atoms with Crippen molar-refractivity contribution < 1.29 is 18.4 Å². The molecule has 1 aromatic rings. The third-order valence-corrected chi connectivity index (χ3v) is 5.93. The van der Waals surface area contributed by atoms with Gasteiger partial charge in [-0.1, -0.05) is 45.0 Å². The van der Waals surface area contributed by atoms with E-state index in [2.05, 4.69) is 38.2 Å². The molecule has 136 valence electrons. The Kier molecular flexibility index (Phi) is 7.65. The highest BCUT2D eigenvalue weighted by Crippen LogP contribution is 2.52. The van der Waals surface area contributed by atoms with Crippen LogP contribution in [0.2, 0.25) is 0 Å². The normalized spacial score (nSPS) is 13.6. The molecule has 0 spiro atoms. The Labute approximate surface area is 145 Å². The van der Waals surface area contributed by atoms with E-state index >= 15 is 0 Å². The van der Waals surface area contributed by atoms with E-state index in [-0.39, 0.29) is 24.5 Å². The first-order chi connectivity index (χ1) is 11.1. The second-order valence-electron chi connectivity index (χ2n) is 6.74. The summed E-state index contributed by atoms with van der Waals surface area (Å²) >= 11 is 0. The summed E-state index contributed by atoms with van der Waals surface area (Å²) in [5.74, 6) is -0.957. The lowest BCUT2D eigenvalue weighted by molar-refractivity contribution is -0.119. The number of carbonyl (C=O) groups is 1. The summed E-state index contributed by atoms with van der Waals surface area (Å²) in [4.78, 5) is 11.5. The Morgan fingerprint density at radius 1 is 1.12 bits per heavy atom. The highest BCUT2D eigenvalue weighted by molar-refractivity contribution is 7.54. The standard InChI is InChI=1S/C18H30NO4P/c1-7-22-24(21,23-8-2)17(19-14(3)20)13-15-9-11-16(12-10-15)18(4,5)6/h9-12,17H,7-8,13H2,1-6H3,(H,19,20)/t17-/m1/s1. The van der Waals surface area contributed by atoms with E-state index in [0.29, 0.717) is 6.42 Å². The van der Waals surface area contributed by atoms with Gasteiger partial charge in [0.25, 0.3) is 0 Å². The van der Waals surface area contributed by atoms with E-state index in [1.807, 2.05) is 12.1 Å². The van der Waals surface area contributed by atoms with E-state index in [1.165, 1.54) is 12.5 Å². The first kappa shape index (κ1) is 20.9. The van der Waals surface area contributed by atoms with Gasteiger partial charge in [0.05, 0.1) is 13.2 Å². The van der Waals surface area contributed by atoms with Gasteiger partial charge in [0, 0.05) is 13.3 Å². The molecule has 0 aromatic heterocycles. The van der Waals surface area contributed by atoms with Gasteiger partial charge in [-0.25, -0.2) is 0 Å². The van der Waals surface area contributed by atoms with Crippen LogP contribution in [0, 0.1) is 0 Å². The Morgan fingerprint density at radius 3 is 2.00 bits per heavy atom. The van der Waals surface area contributed by atoms with Crippen LogP contribution in [0.4, 0.5) is 0 Å². The van der Waals surface area contributed by atoms with Crippen LogP contribution in [0.5, 0.6) is 0 Å². The summed E-state index contributed by atoms with van der Waals surface area (Å²) in [5.41, 5.74) is 2.27. The zero-order valence-corrected chi connectivity index (χ0v) is 16.5. The molecule has 1 amide bonds. The first-order valence-electron chi connectivity index (χ1n) is 8.37. The number of carbonyl (C=O) groups excluding carboxylic acids is 1. The van der Waals surface area contributed by atoms with Gasteiger partial charge >= 0.3 is 7.60 Å². The van der Waals surface area contributed by atoms with E-state index in [1.54, 1.807) is 13.8 Å². The quantitative estimate of drug-likeness (QED) is 0.708. The van der Waals surface area contributed by atoms with E-state index in [9.17, 15) is 9.36 Å². The molecule has 1 rings (SSSR count). The molecule has 0 saturated carbocycles. The van der Waals surface area contributed by atoms with E-state index in [4.69, 9.17) is 9.05 Å². The molecule has 0 unspecified atom stereocenters. The molecule has 0 fully saturated rings. The molecule has 24 heavy (non-hydrogen) atoms. The molecule has 0 bridgehead atoms. The highest BCUT2D eigenvalue weighted by atomic mass is 31.2. The van der Waals surface area contributed by atoms with Gasteiger partial charge in [0.2, 0.25) is 5.91 Å². The van der Waals surface area contributed by atoms with Crippen LogP contribution in [0.1, 0.15) is 52.7 Å². The predicted octanol–water partition coefficient (Wildman–Crippen LogP) is 4.25. The van der Waals surface area contributed by atoms with E-state index in [0.717, 1.165) is 5.56 Å². The molecular formula is C18H30NO4P. The van der Waals surface area contributed by atoms with Gasteiger partial charge in [0.1, 0.15) is 5.78 Å². The number of nitrogens with one attached hydrogen (secondary N) is 1. The lowest BCUT2D eigenvalue weighted by atomic mass is 9.86. The minimum atomic E-state index is -3.43. The number of hydrogen-bond acceptors (Lipinski definition) is 4. The minimum Gasteiger partial charge on any atom is -0.342 e. The zero-order chi connectivity index (χ0) is 18.4. The summed E-state index contributed by atoms with van der Waals surface area (Å²) in [5, 5.41) is 2.73. The number of rotatable bonds is 8. The zero-order valence-electron chi connectivity index (χ0n) is 15.6. The number of hydrogen-bond donors (Lipinski definition) is 1. The fraction of sp³-hybridized carbons (Fsp3) is 0.611. The van der Waals surface area contributed by atoms with Crippen molar-refractivity contribution >= 4 is 13.5 Å². The van der Waals surface area contributed by atoms with Crippen molar-refractivity contribution in [2.24, 2.45) is 0 Å². The van der Waals surface area contributed by atoms with Crippen molar-refractivity contribution in [1.82, 2.24) is 5.32 Å². The van der Waals surface area contributed by atoms with E-state index < -0.39 is 13.4 Å². The molecule has 0 heterocycles. The van der Waals surface area contributed by atoms with Crippen LogP contribution in [0.25, 0.3) is 0 Å². The molecule has 5 nitrogen and oxygen atoms in total. The second kappa shape index (κ2) is 8.80. The molecule has 0 aliphatic carbocycles. The monoisotopic (exact) mass is 355 g/mol. The maximum atomic E-state index is 13.0. The van der Waals surface area contributed by atoms with Crippen LogP contribution in [-0.2, 0) is 30.2 Å². The van der Waals surface area contributed by atoms with Gasteiger partial charge in [-0.3, -0.25) is 9.36 Å². The molecule has 1 atom stereocenters. The van der Waals surface area contributed by atoms with Crippen LogP contribution >= 0.6 is 7.60 Å². The molecule has 0 aliphatic rings. The third kappa shape index (κ3) is 6.04. The molecule has 0 radical (unpaired) electrons. The Balaban J connectivity index is 3.05. The number of amides is 1. The molecule has 1 aromatic carbocycles. The van der Waals surface area contributed by atoms with Gasteiger partial charge < -0.3 is 14.4 Å². The summed E-state index contributed by atoms with van der Waals surface area (Å²) in [6, 6.07) is 8.12. The lowest BCUT2D eigenvalue weighted by Crippen LogP contribution is -2.36. The fourth-order valence-corrected chi connectivity index (χ4v) is 4.35. The van der Waals surface area contributed by atoms with Crippen molar-refractivity contribution in [3.05, 3.63) is 35.4 Å². The van der Waals surface area contributed by atoms with Crippen LogP contribution < -0.4 is 5.32 Å². The SMILES string of the molecule is CCOP(=O)(OCC)[C@H](Cc1ccc(C(C)(C)C)cc1)NC(C)=O. The smallest absolute Gasteiger partial charge is 0.342 e. The average Bonchev–Trinajstić information content (AvgIpc) is 2.46. The van der Waals surface area contributed by atoms with Crippen molar-refractivity contribution in [1.29, 1.82) is 0 Å². The van der Waals surface area contributed by atoms with Crippen molar-refractivity contribution in [3.8, 4) is 0 Å². The summed E-state index contributed by atoms with van der Waals surface area (Å²) in [6.45, 7) is 11.9. The molecule has 0 saturated heterocycles. The van der Waals surface area contributed by atoms with Crippen molar-refractivity contribution in [3.63, 3.8) is 0 Å². The topological polar surface area (TPSA) is 64.6 Å². The summed E-state index contributed by atoms with van der Waals surface area (Å²) in [7, 11) is -3.43. The van der Waals surface area contributed by atoms with Gasteiger partial charge in [-0.05, 0) is 30.4 Å². The Hall–Kier alpha value is -1.16. The maximum absolute atomic E-state index is 13.0. The summed E-state index contributed by atoms with van der Waals surface area (Å²) < 4.78 is 23.8. The second-order valence-corrected chi connectivity index (χ2v) is 8.96. The summed E-state index contributed by atoms with van der Waals surface area (Å²) in [6.07, 6.45) is 0.390. The fourth-order valence-electron chi connectivity index (χ4n) is 2.42. The van der Waals surface area contributed by atoms with Crippen molar-refractivity contribution in [2.45, 2.75) is 59.2 Å². The lowest BCUT2D eigenvalue weighted by Gasteiger charge is -2.27. The Morgan fingerprint density at radius 2 is 1.62 bits per heavy atom. The minimum absolute atomic E-state index is 0.0709. The first-order valence-corrected chi connectivity index (χ1v) is 9.99. The van der Waals surface area contributed by atoms with Gasteiger partial charge in [0.15, 0.2) is 0 Å². The van der Waals surface area contributed by atoms with Crippen LogP contribution in [0.15, 0.2) is 24.3 Å². The van der Waals surface area contributed by atoms with Crippen LogP contribution in [-0.4, -0.2) is 24.9 Å². The van der Waals surface area contributed by atoms with Crippen molar-refractivity contribution in [2.75, 3.05) is 13.2 Å². The van der Waals surface area contributed by atoms with Gasteiger partial charge in [-0.2, -0.15) is 0 Å². The molecule has 6 heteroatoms. The molecule has 0 aliphatic heterocycles. The Bertz CT molecular complexity index is 568. The molecular weight excluding hydrogens is 325 g/mol. The predicted molar refractivity (Wildman–Crippen MR) is 97.3 cm³/mol. The number of benzene rings is 1.